The first-order chi connectivity index (χ1) is 18.0. The fraction of sp³-hybridized carbons (Fsp3) is 0.500. The van der Waals surface area contributed by atoms with Crippen LogP contribution in [0, 0.1) is 11.7 Å². The molecular weight excluding hydrogens is 499 g/mol. The zero-order chi connectivity index (χ0) is 29.7. The third-order valence-corrected chi connectivity index (χ3v) is 6.91. The van der Waals surface area contributed by atoms with Crippen LogP contribution in [0.1, 0.15) is 58.2 Å². The normalized spacial score (nSPS) is 14.0. The lowest BCUT2D eigenvalue weighted by molar-refractivity contribution is -0.149. The largest absolute Gasteiger partial charge is 0.508 e. The highest BCUT2D eigenvalue weighted by Gasteiger charge is 2.37. The van der Waals surface area contributed by atoms with Crippen LogP contribution in [0.4, 0.5) is 4.39 Å². The molecule has 0 saturated carbocycles. The van der Waals surface area contributed by atoms with Gasteiger partial charge in [0.05, 0.1) is 0 Å². The average molecular weight is 543 g/mol. The number of nitrogens with zero attached hydrogens (tertiary/aromatic N) is 2. The summed E-state index contributed by atoms with van der Waals surface area (Å²) in [6.45, 7) is 11.0. The van der Waals surface area contributed by atoms with Gasteiger partial charge in [-0.15, -0.1) is 0 Å². The highest BCUT2D eigenvalue weighted by atomic mass is 19.1. The molecule has 0 radical (unpaired) electrons. The molecular formula is C30H43FN4O4. The van der Waals surface area contributed by atoms with Crippen LogP contribution in [0.15, 0.2) is 42.5 Å². The lowest BCUT2D eigenvalue weighted by Crippen LogP contribution is -2.58. The molecule has 39 heavy (non-hydrogen) atoms. The zero-order valence-corrected chi connectivity index (χ0v) is 24.1. The molecule has 0 bridgehead atoms. The van der Waals surface area contributed by atoms with Crippen LogP contribution in [0.2, 0.25) is 0 Å². The van der Waals surface area contributed by atoms with Crippen LogP contribution < -0.4 is 11.5 Å². The summed E-state index contributed by atoms with van der Waals surface area (Å²) in [4.78, 5) is 41.9. The van der Waals surface area contributed by atoms with Crippen LogP contribution >= 0.6 is 0 Å². The minimum atomic E-state index is -0.974. The van der Waals surface area contributed by atoms with Crippen molar-refractivity contribution in [2.45, 2.75) is 77.9 Å². The predicted octanol–water partition coefficient (Wildman–Crippen LogP) is 3.13. The molecule has 0 fully saturated rings. The Bertz CT molecular complexity index is 1160. The molecule has 214 valence electrons. The van der Waals surface area contributed by atoms with Gasteiger partial charge >= 0.3 is 0 Å². The van der Waals surface area contributed by atoms with Crippen LogP contribution in [-0.4, -0.2) is 64.3 Å². The fourth-order valence-electron chi connectivity index (χ4n) is 4.78. The van der Waals surface area contributed by atoms with Gasteiger partial charge in [-0.1, -0.05) is 58.9 Å². The highest BCUT2D eigenvalue weighted by Crippen LogP contribution is 2.31. The van der Waals surface area contributed by atoms with E-state index in [2.05, 4.69) is 0 Å². The van der Waals surface area contributed by atoms with Gasteiger partial charge < -0.3 is 26.4 Å². The minimum Gasteiger partial charge on any atom is -0.508 e. The number of hydrogen-bond acceptors (Lipinski definition) is 5. The van der Waals surface area contributed by atoms with E-state index in [1.807, 2.05) is 40.7 Å². The van der Waals surface area contributed by atoms with Crippen molar-refractivity contribution in [1.29, 1.82) is 0 Å². The lowest BCUT2D eigenvalue weighted by atomic mass is 9.84. The van der Waals surface area contributed by atoms with Crippen molar-refractivity contribution in [1.82, 2.24) is 9.80 Å². The van der Waals surface area contributed by atoms with Crippen molar-refractivity contribution in [3.63, 3.8) is 0 Å². The molecule has 0 aliphatic rings. The molecule has 9 heteroatoms. The van der Waals surface area contributed by atoms with Crippen molar-refractivity contribution < 1.29 is 23.9 Å². The van der Waals surface area contributed by atoms with Crippen molar-refractivity contribution in [2.24, 2.45) is 17.4 Å². The summed E-state index contributed by atoms with van der Waals surface area (Å²) in [5.74, 6) is -1.91. The molecule has 0 heterocycles. The van der Waals surface area contributed by atoms with E-state index in [1.165, 1.54) is 35.9 Å². The van der Waals surface area contributed by atoms with Crippen LogP contribution in [0.25, 0.3) is 0 Å². The second-order valence-corrected chi connectivity index (χ2v) is 11.6. The number of benzene rings is 2. The summed E-state index contributed by atoms with van der Waals surface area (Å²) in [5.41, 5.74) is 14.1. The number of likely N-dealkylation sites (N-methyl/N-ethyl adjacent to an activating group) is 1. The van der Waals surface area contributed by atoms with E-state index in [-0.39, 0.29) is 41.8 Å². The minimum absolute atomic E-state index is 0.100. The monoisotopic (exact) mass is 542 g/mol. The molecule has 0 aliphatic heterocycles. The summed E-state index contributed by atoms with van der Waals surface area (Å²) in [5, 5.41) is 10.3. The molecule has 2 aromatic rings. The number of carbonyl (C=O) groups excluding carboxylic acids is 3. The second kappa shape index (κ2) is 13.1. The summed E-state index contributed by atoms with van der Waals surface area (Å²) in [7, 11) is 1.51. The van der Waals surface area contributed by atoms with Crippen LogP contribution in [0.5, 0.6) is 5.75 Å². The Kier molecular flexibility index (Phi) is 10.6. The van der Waals surface area contributed by atoms with Gasteiger partial charge in [0.15, 0.2) is 0 Å². The quantitative estimate of drug-likeness (QED) is 0.402. The van der Waals surface area contributed by atoms with Crippen LogP contribution in [-0.2, 0) is 32.6 Å². The van der Waals surface area contributed by atoms with Gasteiger partial charge in [-0.2, -0.15) is 0 Å². The number of carbonyl (C=O) groups is 3. The van der Waals surface area contributed by atoms with Gasteiger partial charge in [0.1, 0.15) is 23.7 Å². The molecule has 0 aromatic heterocycles. The SMILES string of the molecule is CC(=O)N(CC(N)Cc1ccc(F)cc1)C(C(=O)N(C)C(Cc1ccc(O)c(C(C)(C)C)c1)C(N)=O)C(C)C. The van der Waals surface area contributed by atoms with E-state index in [0.29, 0.717) is 6.42 Å². The molecule has 8 nitrogen and oxygen atoms in total. The molecule has 2 rings (SSSR count). The molecule has 3 unspecified atom stereocenters. The van der Waals surface area contributed by atoms with E-state index in [0.717, 1.165) is 16.7 Å². The molecule has 2 aromatic carbocycles. The number of rotatable bonds is 11. The fourth-order valence-corrected chi connectivity index (χ4v) is 4.78. The van der Waals surface area contributed by atoms with Crippen molar-refractivity contribution in [3.05, 3.63) is 65.0 Å². The Balaban J connectivity index is 2.30. The Morgan fingerprint density at radius 1 is 1.00 bits per heavy atom. The third kappa shape index (κ3) is 8.51. The Labute approximate surface area is 231 Å². The van der Waals surface area contributed by atoms with Gasteiger partial charge in [0.2, 0.25) is 17.7 Å². The number of primary amides is 1. The standard InChI is InChI=1S/C30H43FN4O4/c1-18(2)27(35(19(3)36)17-23(32)14-20-8-11-22(31)12-9-20)29(39)34(7)25(28(33)38)16-21-10-13-26(37)24(15-21)30(4,5)6/h8-13,15,18,23,25,27,37H,14,16-17,32H2,1-7H3,(H2,33,38). The van der Waals surface area contributed by atoms with E-state index in [9.17, 15) is 23.9 Å². The average Bonchev–Trinajstić information content (AvgIpc) is 2.82. The van der Waals surface area contributed by atoms with Crippen LogP contribution in [0.3, 0.4) is 0 Å². The van der Waals surface area contributed by atoms with Gasteiger partial charge in [-0.05, 0) is 52.6 Å². The maximum absolute atomic E-state index is 13.8. The van der Waals surface area contributed by atoms with Crippen molar-refractivity contribution >= 4 is 17.7 Å². The third-order valence-electron chi connectivity index (χ3n) is 6.91. The van der Waals surface area contributed by atoms with Gasteiger partial charge in [-0.25, -0.2) is 4.39 Å². The number of phenols is 1. The maximum Gasteiger partial charge on any atom is 0.246 e. The predicted molar refractivity (Wildman–Crippen MR) is 150 cm³/mol. The number of nitrogens with two attached hydrogens (primary N) is 2. The molecule has 0 saturated heterocycles. The van der Waals surface area contributed by atoms with E-state index in [1.54, 1.807) is 24.3 Å². The van der Waals surface area contributed by atoms with Gasteiger partial charge in [-0.3, -0.25) is 14.4 Å². The lowest BCUT2D eigenvalue weighted by Gasteiger charge is -2.38. The number of aromatic hydroxyl groups is 1. The summed E-state index contributed by atoms with van der Waals surface area (Å²) < 4.78 is 13.3. The molecule has 5 N–H and O–H groups in total. The Hall–Kier alpha value is -3.46. The first-order valence-electron chi connectivity index (χ1n) is 13.2. The summed E-state index contributed by atoms with van der Waals surface area (Å²) >= 11 is 0. The van der Waals surface area contributed by atoms with Gasteiger partial charge in [0, 0.05) is 33.0 Å². The second-order valence-electron chi connectivity index (χ2n) is 11.6. The molecule has 0 aliphatic carbocycles. The first-order valence-corrected chi connectivity index (χ1v) is 13.2. The molecule has 0 spiro atoms. The zero-order valence-electron chi connectivity index (χ0n) is 24.1. The Morgan fingerprint density at radius 2 is 1.56 bits per heavy atom. The maximum atomic E-state index is 13.8. The van der Waals surface area contributed by atoms with Crippen molar-refractivity contribution in [2.75, 3.05) is 13.6 Å². The molecule has 3 atom stereocenters. The number of halogens is 1. The summed E-state index contributed by atoms with van der Waals surface area (Å²) in [6, 6.07) is 8.72. The van der Waals surface area contributed by atoms with E-state index in [4.69, 9.17) is 11.5 Å². The topological polar surface area (TPSA) is 130 Å². The number of phenolic OH excluding ortho intramolecular Hbond substituents is 1. The first kappa shape index (κ1) is 31.8. The number of amides is 3. The van der Waals surface area contributed by atoms with E-state index < -0.39 is 29.9 Å². The number of hydrogen-bond donors (Lipinski definition) is 3. The summed E-state index contributed by atoms with van der Waals surface area (Å²) in [6.07, 6.45) is 0.537. The van der Waals surface area contributed by atoms with Gasteiger partial charge in [0.25, 0.3) is 0 Å². The Morgan fingerprint density at radius 3 is 2.05 bits per heavy atom. The molecule has 3 amide bonds. The van der Waals surface area contributed by atoms with E-state index >= 15 is 0 Å². The highest BCUT2D eigenvalue weighted by molar-refractivity contribution is 5.91. The smallest absolute Gasteiger partial charge is 0.246 e. The van der Waals surface area contributed by atoms with Crippen molar-refractivity contribution in [3.8, 4) is 5.75 Å².